The van der Waals surface area contributed by atoms with Crippen LogP contribution < -0.4 is 4.74 Å². The molecule has 0 spiro atoms. The number of phenolic OH excluding ortho intramolecular Hbond substituents is 1. The zero-order valence-corrected chi connectivity index (χ0v) is 24.8. The topological polar surface area (TPSA) is 292 Å². The van der Waals surface area contributed by atoms with E-state index in [4.69, 9.17) is 28.4 Å². The molecule has 3 fully saturated rings. The molecule has 1 aromatic rings. The van der Waals surface area contributed by atoms with Gasteiger partial charge in [0, 0.05) is 17.8 Å². The summed E-state index contributed by atoms with van der Waals surface area (Å²) < 4.78 is 33.2. The highest BCUT2D eigenvalue weighted by molar-refractivity contribution is 5.93. The molecule has 47 heavy (non-hydrogen) atoms. The van der Waals surface area contributed by atoms with E-state index in [1.54, 1.807) is 6.92 Å². The lowest BCUT2D eigenvalue weighted by Crippen LogP contribution is -2.60. The number of phenols is 1. The molecule has 2 saturated heterocycles. The fraction of sp³-hybridized carbons (Fsp3) is 0.655. The number of aromatic hydroxyl groups is 1. The number of ether oxygens (including phenoxy) is 6. The molecule has 15 atom stereocenters. The van der Waals surface area contributed by atoms with Gasteiger partial charge in [-0.25, -0.2) is 9.59 Å². The fourth-order valence-electron chi connectivity index (χ4n) is 6.40. The molecule has 262 valence electrons. The number of aliphatic hydroxyl groups excluding tert-OH is 8. The van der Waals surface area contributed by atoms with Gasteiger partial charge in [-0.2, -0.15) is 0 Å². The van der Waals surface area contributed by atoms with Crippen LogP contribution in [-0.4, -0.2) is 150 Å². The van der Waals surface area contributed by atoms with Gasteiger partial charge in [-0.1, -0.05) is 13.0 Å². The van der Waals surface area contributed by atoms with E-state index >= 15 is 0 Å². The Hall–Kier alpha value is -3.14. The molecule has 4 aliphatic rings. The largest absolute Gasteiger partial charge is 0.504 e. The summed E-state index contributed by atoms with van der Waals surface area (Å²) in [6, 6.07) is 3.75. The third kappa shape index (κ3) is 6.63. The van der Waals surface area contributed by atoms with Gasteiger partial charge in [0.05, 0.1) is 25.0 Å². The maximum atomic E-state index is 13.3. The molecule has 0 bridgehead atoms. The summed E-state index contributed by atoms with van der Waals surface area (Å²) in [6.45, 7) is 0.212. The molecule has 10 N–H and O–H groups in total. The Morgan fingerprint density at radius 3 is 2.04 bits per heavy atom. The first-order valence-electron chi connectivity index (χ1n) is 14.8. The van der Waals surface area contributed by atoms with Crippen LogP contribution in [0.15, 0.2) is 30.0 Å². The predicted octanol–water partition coefficient (Wildman–Crippen LogP) is -3.49. The lowest BCUT2D eigenvalue weighted by Gasteiger charge is -2.43. The van der Waals surface area contributed by atoms with Crippen LogP contribution in [0.5, 0.6) is 11.5 Å². The highest BCUT2D eigenvalue weighted by Crippen LogP contribution is 2.49. The molecule has 1 aromatic carbocycles. The quantitative estimate of drug-likeness (QED) is 0.114. The van der Waals surface area contributed by atoms with E-state index in [1.165, 1.54) is 18.2 Å². The first-order valence-corrected chi connectivity index (χ1v) is 14.8. The van der Waals surface area contributed by atoms with E-state index in [9.17, 15) is 60.7 Å². The van der Waals surface area contributed by atoms with Crippen molar-refractivity contribution >= 4 is 11.9 Å². The maximum absolute atomic E-state index is 13.3. The molecule has 18 heteroatoms. The second-order valence-corrected chi connectivity index (χ2v) is 11.9. The van der Waals surface area contributed by atoms with Crippen LogP contribution in [-0.2, 0) is 28.5 Å². The number of benzene rings is 1. The van der Waals surface area contributed by atoms with E-state index in [0.29, 0.717) is 0 Å². The zero-order chi connectivity index (χ0) is 34.3. The van der Waals surface area contributed by atoms with Gasteiger partial charge in [-0.3, -0.25) is 0 Å². The van der Waals surface area contributed by atoms with Crippen molar-refractivity contribution in [3.8, 4) is 11.5 Å². The molecule has 5 rings (SSSR count). The van der Waals surface area contributed by atoms with Gasteiger partial charge in [0.25, 0.3) is 0 Å². The lowest BCUT2D eigenvalue weighted by atomic mass is 9.83. The van der Waals surface area contributed by atoms with Crippen LogP contribution >= 0.6 is 0 Å². The first-order chi connectivity index (χ1) is 22.3. The number of carboxylic acid groups (broad SMARTS) is 1. The fourth-order valence-corrected chi connectivity index (χ4v) is 6.40. The molecule has 0 aromatic heterocycles. The minimum atomic E-state index is -1.79. The summed E-state index contributed by atoms with van der Waals surface area (Å²) in [5.41, 5.74) is -0.527. The highest BCUT2D eigenvalue weighted by atomic mass is 16.8. The van der Waals surface area contributed by atoms with Crippen molar-refractivity contribution in [3.05, 3.63) is 35.6 Å². The molecule has 18 nitrogen and oxygen atoms in total. The zero-order valence-electron chi connectivity index (χ0n) is 24.8. The minimum Gasteiger partial charge on any atom is -0.504 e. The molecule has 3 heterocycles. The number of aliphatic hydroxyl groups is 8. The predicted molar refractivity (Wildman–Crippen MR) is 148 cm³/mol. The van der Waals surface area contributed by atoms with Crippen LogP contribution in [0, 0.1) is 17.8 Å². The van der Waals surface area contributed by atoms with Crippen molar-refractivity contribution in [3.63, 3.8) is 0 Å². The van der Waals surface area contributed by atoms with Crippen molar-refractivity contribution in [1.29, 1.82) is 0 Å². The summed E-state index contributed by atoms with van der Waals surface area (Å²) in [6.07, 6.45) is -17.4. The smallest absolute Gasteiger partial charge is 0.342 e. The Kier molecular flexibility index (Phi) is 10.6. The number of fused-ring (bicyclic) bond motifs is 1. The van der Waals surface area contributed by atoms with E-state index in [-0.39, 0.29) is 23.3 Å². The van der Waals surface area contributed by atoms with Crippen LogP contribution in [0.1, 0.15) is 23.7 Å². The Labute approximate surface area is 266 Å². The van der Waals surface area contributed by atoms with E-state index in [0.717, 1.165) is 6.26 Å². The SMILES string of the molecule is C[C@@H]1[C@H]2[C@H](O[C@@H]3O[C@H](CO)[C@@H](O)[C@H](O)[C@H]3O)OC=C(C(=O)O)[C@H]2C[C@@H]1OC(=O)c1cccc(O[C@@H]2O[C@H](CO)[C@@H](O)[C@H](O)[C@H]2O)c1O. The molecule has 3 aliphatic heterocycles. The molecule has 0 unspecified atom stereocenters. The highest BCUT2D eigenvalue weighted by Gasteiger charge is 2.55. The summed E-state index contributed by atoms with van der Waals surface area (Å²) in [7, 11) is 0. The summed E-state index contributed by atoms with van der Waals surface area (Å²) in [5, 5.41) is 101. The minimum absolute atomic E-state index is 0.0184. The summed E-state index contributed by atoms with van der Waals surface area (Å²) in [5.74, 6) is -5.68. The molecular weight excluding hydrogens is 636 g/mol. The van der Waals surface area contributed by atoms with E-state index in [1.807, 2.05) is 0 Å². The third-order valence-corrected chi connectivity index (χ3v) is 9.12. The molecular formula is C29H38O18. The normalized spacial score (nSPS) is 41.7. The number of hydrogen-bond acceptors (Lipinski definition) is 17. The Balaban J connectivity index is 1.31. The van der Waals surface area contributed by atoms with Crippen molar-refractivity contribution in [2.45, 2.75) is 87.2 Å². The lowest BCUT2D eigenvalue weighted by molar-refractivity contribution is -0.342. The number of para-hydroxylation sites is 1. The van der Waals surface area contributed by atoms with Gasteiger partial charge in [-0.15, -0.1) is 0 Å². The molecule has 1 saturated carbocycles. The van der Waals surface area contributed by atoms with Crippen LogP contribution in [0.3, 0.4) is 0 Å². The Morgan fingerprint density at radius 1 is 0.851 bits per heavy atom. The van der Waals surface area contributed by atoms with Crippen molar-refractivity contribution in [1.82, 2.24) is 0 Å². The summed E-state index contributed by atoms with van der Waals surface area (Å²) >= 11 is 0. The van der Waals surface area contributed by atoms with E-state index in [2.05, 4.69) is 0 Å². The van der Waals surface area contributed by atoms with Crippen molar-refractivity contribution in [2.24, 2.45) is 17.8 Å². The van der Waals surface area contributed by atoms with Crippen molar-refractivity contribution in [2.75, 3.05) is 13.2 Å². The average Bonchev–Trinajstić information content (AvgIpc) is 3.37. The van der Waals surface area contributed by atoms with E-state index < -0.39 is 122 Å². The van der Waals surface area contributed by atoms with Gasteiger partial charge >= 0.3 is 11.9 Å². The number of rotatable bonds is 9. The number of carboxylic acids is 1. The van der Waals surface area contributed by atoms with Gasteiger partial charge in [-0.05, 0) is 18.6 Å². The molecule has 0 amide bonds. The molecule has 1 aliphatic carbocycles. The number of esters is 1. The van der Waals surface area contributed by atoms with Gasteiger partial charge < -0.3 is 79.5 Å². The third-order valence-electron chi connectivity index (χ3n) is 9.12. The van der Waals surface area contributed by atoms with Crippen molar-refractivity contribution < 1.29 is 89.1 Å². The van der Waals surface area contributed by atoms with Crippen LogP contribution in [0.25, 0.3) is 0 Å². The Morgan fingerprint density at radius 2 is 1.45 bits per heavy atom. The van der Waals surface area contributed by atoms with Crippen LogP contribution in [0.2, 0.25) is 0 Å². The monoisotopic (exact) mass is 674 g/mol. The standard InChI is InChI=1S/C29H38O18/c1-9-14(43-26(41)10-3-2-4-13(18(10)32)44-28-23(37)21(35)19(33)15(6-30)45-28)5-11-12(25(39)40)8-42-27(17(9)11)47-29-24(38)22(36)20(34)16(7-31)46-29/h2-4,8-9,11,14-17,19-24,27-38H,5-7H2,1H3,(H,39,40)/t9-,11+,14-,15+,16+,17+,19+,20+,21-,22-,23+,24+,27-,28+,29-/m0/s1. The second-order valence-electron chi connectivity index (χ2n) is 11.9. The second kappa shape index (κ2) is 14.1. The first kappa shape index (κ1) is 35.2. The maximum Gasteiger partial charge on any atom is 0.342 e. The van der Waals surface area contributed by atoms with Gasteiger partial charge in [0.1, 0.15) is 60.5 Å². The average molecular weight is 675 g/mol. The molecule has 0 radical (unpaired) electrons. The number of carbonyl (C=O) groups excluding carboxylic acids is 1. The van der Waals surface area contributed by atoms with Gasteiger partial charge in [0.15, 0.2) is 17.8 Å². The number of hydrogen-bond donors (Lipinski definition) is 10. The summed E-state index contributed by atoms with van der Waals surface area (Å²) in [4.78, 5) is 25.4. The number of carbonyl (C=O) groups is 2. The number of aliphatic carboxylic acids is 1. The van der Waals surface area contributed by atoms with Gasteiger partial charge in [0.2, 0.25) is 12.6 Å². The van der Waals surface area contributed by atoms with Crippen LogP contribution in [0.4, 0.5) is 0 Å². The Bertz CT molecular complexity index is 1320.